The Morgan fingerprint density at radius 1 is 1.47 bits per heavy atom. The monoisotopic (exact) mass is 285 g/mol. The van der Waals surface area contributed by atoms with Crippen LogP contribution in [0.1, 0.15) is 19.3 Å². The number of nitrogens with one attached hydrogen (secondary N) is 1. The topological polar surface area (TPSA) is 99.1 Å². The van der Waals surface area contributed by atoms with Crippen molar-refractivity contribution in [3.05, 3.63) is 0 Å². The SMILES string of the molecule is O=C(O)CC1CSCCN1C(=O)C1=NNC(=O)CC1. The molecular formula is C11H15N3O4S. The van der Waals surface area contributed by atoms with E-state index in [4.69, 9.17) is 5.11 Å². The molecule has 2 rings (SSSR count). The molecule has 2 aliphatic heterocycles. The van der Waals surface area contributed by atoms with Crippen molar-refractivity contribution in [1.29, 1.82) is 0 Å². The molecule has 2 aliphatic rings. The van der Waals surface area contributed by atoms with Crippen LogP contribution in [-0.4, -0.2) is 57.6 Å². The van der Waals surface area contributed by atoms with Gasteiger partial charge in [-0.15, -0.1) is 0 Å². The van der Waals surface area contributed by atoms with Gasteiger partial charge in [-0.25, -0.2) is 5.43 Å². The van der Waals surface area contributed by atoms with Crippen LogP contribution in [0.2, 0.25) is 0 Å². The number of amides is 2. The molecule has 0 saturated carbocycles. The maximum atomic E-state index is 12.3. The standard InChI is InChI=1S/C11H15N3O4S/c15-9-2-1-8(12-13-9)11(18)14-3-4-19-6-7(14)5-10(16)17/h7H,1-6H2,(H,13,15)(H,16,17). The van der Waals surface area contributed by atoms with Crippen LogP contribution in [0.15, 0.2) is 5.10 Å². The number of carboxylic acid groups (broad SMARTS) is 1. The van der Waals surface area contributed by atoms with Gasteiger partial charge in [0.25, 0.3) is 5.91 Å². The summed E-state index contributed by atoms with van der Waals surface area (Å²) in [7, 11) is 0. The quantitative estimate of drug-likeness (QED) is 0.740. The van der Waals surface area contributed by atoms with E-state index in [1.54, 1.807) is 16.7 Å². The van der Waals surface area contributed by atoms with Crippen LogP contribution in [-0.2, 0) is 14.4 Å². The molecule has 104 valence electrons. The maximum absolute atomic E-state index is 12.3. The fraction of sp³-hybridized carbons (Fsp3) is 0.636. The van der Waals surface area contributed by atoms with Crippen molar-refractivity contribution in [3.63, 3.8) is 0 Å². The summed E-state index contributed by atoms with van der Waals surface area (Å²) in [6, 6.07) is -0.302. The minimum Gasteiger partial charge on any atom is -0.481 e. The zero-order valence-electron chi connectivity index (χ0n) is 10.3. The van der Waals surface area contributed by atoms with E-state index >= 15 is 0 Å². The summed E-state index contributed by atoms with van der Waals surface area (Å²) in [5.41, 5.74) is 2.60. The van der Waals surface area contributed by atoms with Gasteiger partial charge in [0, 0.05) is 30.9 Å². The van der Waals surface area contributed by atoms with Gasteiger partial charge >= 0.3 is 5.97 Å². The van der Waals surface area contributed by atoms with E-state index in [0.717, 1.165) is 5.75 Å². The number of aliphatic carboxylic acids is 1. The molecule has 0 aromatic heterocycles. The molecule has 1 unspecified atom stereocenters. The van der Waals surface area contributed by atoms with Crippen LogP contribution in [0.25, 0.3) is 0 Å². The third-order valence-electron chi connectivity index (χ3n) is 3.05. The number of carbonyl (C=O) groups excluding carboxylic acids is 2. The average molecular weight is 285 g/mol. The summed E-state index contributed by atoms with van der Waals surface area (Å²) in [6.07, 6.45) is 0.503. The zero-order chi connectivity index (χ0) is 13.8. The second-order valence-corrected chi connectivity index (χ2v) is 5.57. The van der Waals surface area contributed by atoms with Gasteiger partial charge in [-0.05, 0) is 0 Å². The fourth-order valence-electron chi connectivity index (χ4n) is 2.09. The Hall–Kier alpha value is -1.57. The van der Waals surface area contributed by atoms with Gasteiger partial charge in [0.2, 0.25) is 5.91 Å². The van der Waals surface area contributed by atoms with Crippen LogP contribution in [0.3, 0.4) is 0 Å². The van der Waals surface area contributed by atoms with Gasteiger partial charge in [-0.3, -0.25) is 14.4 Å². The molecule has 0 bridgehead atoms. The Morgan fingerprint density at radius 3 is 2.89 bits per heavy atom. The first kappa shape index (κ1) is 13.9. The number of thioether (sulfide) groups is 1. The van der Waals surface area contributed by atoms with Crippen molar-refractivity contribution in [1.82, 2.24) is 10.3 Å². The predicted octanol–water partition coefficient (Wildman–Crippen LogP) is -0.329. The van der Waals surface area contributed by atoms with Gasteiger partial charge in [-0.1, -0.05) is 0 Å². The van der Waals surface area contributed by atoms with E-state index in [9.17, 15) is 14.4 Å². The highest BCUT2D eigenvalue weighted by molar-refractivity contribution is 7.99. The van der Waals surface area contributed by atoms with E-state index in [0.29, 0.717) is 24.4 Å². The van der Waals surface area contributed by atoms with Gasteiger partial charge in [0.1, 0.15) is 5.71 Å². The van der Waals surface area contributed by atoms with Gasteiger partial charge < -0.3 is 10.0 Å². The third-order valence-corrected chi connectivity index (χ3v) is 4.14. The van der Waals surface area contributed by atoms with Gasteiger partial charge in [-0.2, -0.15) is 16.9 Å². The molecule has 0 aromatic carbocycles. The Morgan fingerprint density at radius 2 is 2.26 bits per heavy atom. The molecule has 19 heavy (non-hydrogen) atoms. The molecule has 2 amide bonds. The molecule has 1 saturated heterocycles. The Kier molecular flexibility index (Phi) is 4.41. The molecule has 0 aromatic rings. The van der Waals surface area contributed by atoms with E-state index in [1.165, 1.54) is 0 Å². The number of carbonyl (C=O) groups is 3. The van der Waals surface area contributed by atoms with Crippen molar-refractivity contribution in [2.45, 2.75) is 25.3 Å². The first-order chi connectivity index (χ1) is 9.08. The fourth-order valence-corrected chi connectivity index (χ4v) is 3.15. The summed E-state index contributed by atoms with van der Waals surface area (Å²) in [5.74, 6) is 0.0442. The lowest BCUT2D eigenvalue weighted by atomic mass is 10.1. The largest absolute Gasteiger partial charge is 0.481 e. The summed E-state index contributed by atoms with van der Waals surface area (Å²) in [4.78, 5) is 35.7. The number of carboxylic acids is 1. The lowest BCUT2D eigenvalue weighted by molar-refractivity contribution is -0.139. The highest BCUT2D eigenvalue weighted by Gasteiger charge is 2.32. The van der Waals surface area contributed by atoms with Crippen LogP contribution in [0.5, 0.6) is 0 Å². The average Bonchev–Trinajstić information content (AvgIpc) is 2.39. The lowest BCUT2D eigenvalue weighted by Crippen LogP contribution is -2.50. The van der Waals surface area contributed by atoms with Crippen molar-refractivity contribution in [3.8, 4) is 0 Å². The smallest absolute Gasteiger partial charge is 0.305 e. The number of hydrogen-bond acceptors (Lipinski definition) is 5. The molecule has 1 atom stereocenters. The van der Waals surface area contributed by atoms with Crippen LogP contribution in [0.4, 0.5) is 0 Å². The second-order valence-electron chi connectivity index (χ2n) is 4.42. The van der Waals surface area contributed by atoms with Gasteiger partial charge in [0.15, 0.2) is 0 Å². The molecule has 2 N–H and O–H groups in total. The summed E-state index contributed by atoms with van der Waals surface area (Å²) >= 11 is 1.65. The molecule has 0 radical (unpaired) electrons. The second kappa shape index (κ2) is 6.05. The van der Waals surface area contributed by atoms with E-state index in [-0.39, 0.29) is 30.7 Å². The number of hydrogen-bond donors (Lipinski definition) is 2. The van der Waals surface area contributed by atoms with Crippen LogP contribution >= 0.6 is 11.8 Å². The molecule has 1 fully saturated rings. The molecular weight excluding hydrogens is 270 g/mol. The molecule has 2 heterocycles. The van der Waals surface area contributed by atoms with E-state index < -0.39 is 5.97 Å². The minimum absolute atomic E-state index is 0.0572. The number of rotatable bonds is 3. The van der Waals surface area contributed by atoms with Crippen LogP contribution < -0.4 is 5.43 Å². The van der Waals surface area contributed by atoms with Crippen molar-refractivity contribution in [2.24, 2.45) is 5.10 Å². The summed E-state index contributed by atoms with van der Waals surface area (Å²) in [5, 5.41) is 12.6. The minimum atomic E-state index is -0.913. The number of hydrazone groups is 1. The lowest BCUT2D eigenvalue weighted by Gasteiger charge is -2.35. The van der Waals surface area contributed by atoms with Gasteiger partial charge in [0.05, 0.1) is 12.5 Å². The summed E-state index contributed by atoms with van der Waals surface area (Å²) < 4.78 is 0. The highest BCUT2D eigenvalue weighted by atomic mass is 32.2. The summed E-state index contributed by atoms with van der Waals surface area (Å²) in [6.45, 7) is 0.522. The normalized spacial score (nSPS) is 23.6. The Balaban J connectivity index is 2.07. The zero-order valence-corrected chi connectivity index (χ0v) is 11.1. The molecule has 8 heteroatoms. The Bertz CT molecular complexity index is 438. The Labute approximate surface area is 114 Å². The van der Waals surface area contributed by atoms with Crippen molar-refractivity contribution < 1.29 is 19.5 Å². The van der Waals surface area contributed by atoms with Crippen LogP contribution in [0, 0.1) is 0 Å². The maximum Gasteiger partial charge on any atom is 0.305 e. The highest BCUT2D eigenvalue weighted by Crippen LogP contribution is 2.20. The first-order valence-electron chi connectivity index (χ1n) is 6.04. The molecule has 0 aliphatic carbocycles. The van der Waals surface area contributed by atoms with Crippen molar-refractivity contribution >= 4 is 35.3 Å². The third kappa shape index (κ3) is 3.46. The van der Waals surface area contributed by atoms with E-state index in [2.05, 4.69) is 10.5 Å². The first-order valence-corrected chi connectivity index (χ1v) is 7.19. The molecule has 7 nitrogen and oxygen atoms in total. The van der Waals surface area contributed by atoms with Crippen molar-refractivity contribution in [2.75, 3.05) is 18.1 Å². The molecule has 0 spiro atoms. The predicted molar refractivity (Wildman–Crippen MR) is 69.9 cm³/mol. The number of nitrogens with zero attached hydrogens (tertiary/aromatic N) is 2. The van der Waals surface area contributed by atoms with E-state index in [1.807, 2.05) is 0 Å².